The van der Waals surface area contributed by atoms with Crippen LogP contribution in [0.1, 0.15) is 77.6 Å². The van der Waals surface area contributed by atoms with Gasteiger partial charge in [-0.25, -0.2) is 0 Å². The van der Waals surface area contributed by atoms with Gasteiger partial charge < -0.3 is 5.11 Å². The van der Waals surface area contributed by atoms with E-state index in [0.29, 0.717) is 12.8 Å². The first-order valence-electron chi connectivity index (χ1n) is 8.69. The lowest BCUT2D eigenvalue weighted by Crippen LogP contribution is -2.15. The van der Waals surface area contributed by atoms with Crippen LogP contribution in [0.4, 0.5) is 0 Å². The monoisotopic (exact) mass is 348 g/mol. The van der Waals surface area contributed by atoms with Crippen molar-refractivity contribution < 1.29 is 22.9 Å². The molecule has 0 saturated heterocycles. The average Bonchev–Trinajstić information content (AvgIpc) is 2.45. The van der Waals surface area contributed by atoms with Gasteiger partial charge in [0.1, 0.15) is 0 Å². The van der Waals surface area contributed by atoms with Crippen LogP contribution < -0.4 is 0 Å². The fourth-order valence-electron chi connectivity index (χ4n) is 2.47. The number of unbranched alkanes of at least 4 members (excludes halogenated alkanes) is 6. The third kappa shape index (κ3) is 15.8. The van der Waals surface area contributed by atoms with E-state index in [4.69, 9.17) is 9.66 Å². The second kappa shape index (κ2) is 13.5. The Kier molecular flexibility index (Phi) is 13.0. The van der Waals surface area contributed by atoms with Gasteiger partial charge in [0.2, 0.25) is 0 Å². The van der Waals surface area contributed by atoms with Crippen molar-refractivity contribution in [1.29, 1.82) is 0 Å². The van der Waals surface area contributed by atoms with Crippen molar-refractivity contribution in [1.82, 2.24) is 0 Å². The third-order valence-corrected chi connectivity index (χ3v) is 4.67. The standard InChI is InChI=1S/C17H32O5S/c1-2-3-4-5-6-7-8-9-10-11-13-16(17(18)19)14-12-15-23(20,21)22/h5-6,16H,2-4,7-15H2,1H3,(H,18,19)(H,20,21,22)/b6-5-. The number of rotatable bonds is 15. The predicted octanol–water partition coefficient (Wildman–Crippen LogP) is 4.44. The van der Waals surface area contributed by atoms with E-state index in [1.807, 2.05) is 0 Å². The SMILES string of the molecule is CCCC/C=C\CCCCCCC(CCCS(=O)(=O)O)C(=O)O. The van der Waals surface area contributed by atoms with E-state index in [1.165, 1.54) is 12.8 Å². The molecule has 0 aliphatic heterocycles. The van der Waals surface area contributed by atoms with Crippen LogP contribution in [0.3, 0.4) is 0 Å². The molecule has 0 aliphatic carbocycles. The highest BCUT2D eigenvalue weighted by Gasteiger charge is 2.17. The molecule has 0 aromatic heterocycles. The van der Waals surface area contributed by atoms with E-state index < -0.39 is 22.0 Å². The minimum atomic E-state index is -3.99. The molecule has 23 heavy (non-hydrogen) atoms. The first-order chi connectivity index (χ1) is 10.9. The van der Waals surface area contributed by atoms with Crippen molar-refractivity contribution in [3.8, 4) is 0 Å². The minimum absolute atomic E-state index is 0.193. The summed E-state index contributed by atoms with van der Waals surface area (Å²) in [6.07, 6.45) is 14.3. The summed E-state index contributed by atoms with van der Waals surface area (Å²) in [5.41, 5.74) is 0. The van der Waals surface area contributed by atoms with Gasteiger partial charge in [-0.3, -0.25) is 9.35 Å². The summed E-state index contributed by atoms with van der Waals surface area (Å²) in [4.78, 5) is 11.1. The van der Waals surface area contributed by atoms with Gasteiger partial charge in [0.05, 0.1) is 11.7 Å². The number of hydrogen-bond donors (Lipinski definition) is 2. The topological polar surface area (TPSA) is 91.7 Å². The summed E-state index contributed by atoms with van der Waals surface area (Å²) in [5, 5.41) is 9.13. The molecule has 0 bridgehead atoms. The van der Waals surface area contributed by atoms with Gasteiger partial charge in [-0.15, -0.1) is 0 Å². The van der Waals surface area contributed by atoms with E-state index in [0.717, 1.165) is 38.5 Å². The predicted molar refractivity (Wildman–Crippen MR) is 93.1 cm³/mol. The van der Waals surface area contributed by atoms with Crippen LogP contribution in [-0.2, 0) is 14.9 Å². The molecule has 136 valence electrons. The van der Waals surface area contributed by atoms with Crippen LogP contribution in [0, 0.1) is 5.92 Å². The number of hydrogen-bond acceptors (Lipinski definition) is 3. The summed E-state index contributed by atoms with van der Waals surface area (Å²) in [6.45, 7) is 2.18. The fourth-order valence-corrected chi connectivity index (χ4v) is 3.00. The lowest BCUT2D eigenvalue weighted by Gasteiger charge is -2.11. The van der Waals surface area contributed by atoms with Gasteiger partial charge in [-0.2, -0.15) is 8.42 Å². The van der Waals surface area contributed by atoms with Crippen molar-refractivity contribution in [2.24, 2.45) is 5.92 Å². The van der Waals surface area contributed by atoms with Crippen molar-refractivity contribution in [2.45, 2.75) is 77.6 Å². The maximum atomic E-state index is 11.1. The van der Waals surface area contributed by atoms with Gasteiger partial charge in [0, 0.05) is 0 Å². The first kappa shape index (κ1) is 22.1. The van der Waals surface area contributed by atoms with Gasteiger partial charge in [0.25, 0.3) is 10.1 Å². The van der Waals surface area contributed by atoms with Gasteiger partial charge >= 0.3 is 5.97 Å². The van der Waals surface area contributed by atoms with Crippen molar-refractivity contribution >= 4 is 16.1 Å². The van der Waals surface area contributed by atoms with E-state index in [1.54, 1.807) is 0 Å². The Morgan fingerprint density at radius 2 is 1.52 bits per heavy atom. The van der Waals surface area contributed by atoms with Crippen molar-refractivity contribution in [2.75, 3.05) is 5.75 Å². The van der Waals surface area contributed by atoms with Crippen LogP contribution in [0.15, 0.2) is 12.2 Å². The molecule has 6 heteroatoms. The highest BCUT2D eigenvalue weighted by atomic mass is 32.2. The largest absolute Gasteiger partial charge is 0.481 e. The second-order valence-electron chi connectivity index (χ2n) is 6.07. The van der Waals surface area contributed by atoms with Crippen LogP contribution in [-0.4, -0.2) is 29.8 Å². The summed E-state index contributed by atoms with van der Waals surface area (Å²) < 4.78 is 29.9. The lowest BCUT2D eigenvalue weighted by molar-refractivity contribution is -0.142. The minimum Gasteiger partial charge on any atom is -0.481 e. The second-order valence-corrected chi connectivity index (χ2v) is 7.64. The smallest absolute Gasteiger partial charge is 0.306 e. The number of allylic oxidation sites excluding steroid dienone is 2. The molecule has 0 aromatic carbocycles. The number of carbonyl (C=O) groups is 1. The molecular formula is C17H32O5S. The van der Waals surface area contributed by atoms with Gasteiger partial charge in [0.15, 0.2) is 0 Å². The Labute approximate surface area is 140 Å². The Balaban J connectivity index is 3.69. The zero-order valence-electron chi connectivity index (χ0n) is 14.2. The third-order valence-electron chi connectivity index (χ3n) is 3.87. The quantitative estimate of drug-likeness (QED) is 0.259. The number of carboxylic acid groups (broad SMARTS) is 1. The molecule has 1 atom stereocenters. The van der Waals surface area contributed by atoms with E-state index in [9.17, 15) is 13.2 Å². The highest BCUT2D eigenvalue weighted by Crippen LogP contribution is 2.17. The highest BCUT2D eigenvalue weighted by molar-refractivity contribution is 7.85. The van der Waals surface area contributed by atoms with Crippen LogP contribution >= 0.6 is 0 Å². The summed E-state index contributed by atoms with van der Waals surface area (Å²) in [6, 6.07) is 0. The summed E-state index contributed by atoms with van der Waals surface area (Å²) in [5.74, 6) is -1.74. The maximum Gasteiger partial charge on any atom is 0.306 e. The summed E-state index contributed by atoms with van der Waals surface area (Å²) >= 11 is 0. The van der Waals surface area contributed by atoms with E-state index >= 15 is 0 Å². The van der Waals surface area contributed by atoms with Crippen molar-refractivity contribution in [3.05, 3.63) is 12.2 Å². The number of aliphatic carboxylic acids is 1. The molecule has 0 aromatic rings. The molecule has 5 nitrogen and oxygen atoms in total. The molecule has 0 amide bonds. The Morgan fingerprint density at radius 3 is 2.09 bits per heavy atom. The Bertz CT molecular complexity index is 428. The van der Waals surface area contributed by atoms with Gasteiger partial charge in [-0.05, 0) is 38.5 Å². The molecular weight excluding hydrogens is 316 g/mol. The van der Waals surface area contributed by atoms with Crippen molar-refractivity contribution in [3.63, 3.8) is 0 Å². The molecule has 0 heterocycles. The van der Waals surface area contributed by atoms with Crippen LogP contribution in [0.5, 0.6) is 0 Å². The molecule has 0 aliphatic rings. The van der Waals surface area contributed by atoms with Crippen LogP contribution in [0.25, 0.3) is 0 Å². The van der Waals surface area contributed by atoms with E-state index in [2.05, 4.69) is 19.1 Å². The lowest BCUT2D eigenvalue weighted by atomic mass is 9.96. The molecule has 1 unspecified atom stereocenters. The molecule has 0 saturated carbocycles. The molecule has 0 rings (SSSR count). The zero-order valence-corrected chi connectivity index (χ0v) is 15.1. The maximum absolute atomic E-state index is 11.1. The average molecular weight is 349 g/mol. The molecule has 0 spiro atoms. The molecule has 0 radical (unpaired) electrons. The molecule has 2 N–H and O–H groups in total. The van der Waals surface area contributed by atoms with Crippen LogP contribution in [0.2, 0.25) is 0 Å². The zero-order chi connectivity index (χ0) is 17.6. The summed E-state index contributed by atoms with van der Waals surface area (Å²) in [7, 11) is -3.99. The van der Waals surface area contributed by atoms with Gasteiger partial charge in [-0.1, -0.05) is 51.2 Å². The Hall–Kier alpha value is -0.880. The first-order valence-corrected chi connectivity index (χ1v) is 10.3. The molecule has 0 fully saturated rings. The normalized spacial score (nSPS) is 13.5. The fraction of sp³-hybridized carbons (Fsp3) is 0.824. The number of carboxylic acids is 1. The Morgan fingerprint density at radius 1 is 0.957 bits per heavy atom. The van der Waals surface area contributed by atoms with E-state index in [-0.39, 0.29) is 12.2 Å².